The monoisotopic (exact) mass is 186 g/mol. The second-order valence-electron chi connectivity index (χ2n) is 3.99. The highest BCUT2D eigenvalue weighted by Crippen LogP contribution is 2.25. The lowest BCUT2D eigenvalue weighted by molar-refractivity contribution is -0.137. The summed E-state index contributed by atoms with van der Waals surface area (Å²) in [5.41, 5.74) is -1.27. The van der Waals surface area contributed by atoms with E-state index in [0.29, 0.717) is 19.5 Å². The summed E-state index contributed by atoms with van der Waals surface area (Å²) in [5, 5.41) is 2.95. The minimum Gasteiger partial charge on any atom is -0.342 e. The Balaban J connectivity index is 1.85. The zero-order valence-electron chi connectivity index (χ0n) is 7.68. The van der Waals surface area contributed by atoms with Crippen LogP contribution in [0.4, 0.5) is 4.39 Å². The number of amides is 1. The zero-order valence-corrected chi connectivity index (χ0v) is 7.68. The topological polar surface area (TPSA) is 32.3 Å². The van der Waals surface area contributed by atoms with E-state index in [1.165, 1.54) is 0 Å². The minimum atomic E-state index is -1.27. The number of alkyl halides is 1. The Morgan fingerprint density at radius 1 is 1.54 bits per heavy atom. The summed E-state index contributed by atoms with van der Waals surface area (Å²) in [5.74, 6) is -0.0162. The van der Waals surface area contributed by atoms with E-state index in [2.05, 4.69) is 5.32 Å². The van der Waals surface area contributed by atoms with Crippen molar-refractivity contribution in [2.45, 2.75) is 24.9 Å². The maximum Gasteiger partial charge on any atom is 0.225 e. The third-order valence-corrected chi connectivity index (χ3v) is 2.87. The van der Waals surface area contributed by atoms with Crippen molar-refractivity contribution < 1.29 is 9.18 Å². The molecule has 1 unspecified atom stereocenters. The average molecular weight is 186 g/mol. The van der Waals surface area contributed by atoms with Crippen LogP contribution in [0.2, 0.25) is 0 Å². The van der Waals surface area contributed by atoms with Gasteiger partial charge in [0, 0.05) is 19.6 Å². The summed E-state index contributed by atoms with van der Waals surface area (Å²) in [4.78, 5) is 13.2. The molecule has 2 fully saturated rings. The predicted molar refractivity (Wildman–Crippen MR) is 47.1 cm³/mol. The fraction of sp³-hybridized carbons (Fsp3) is 0.889. The molecule has 1 atom stereocenters. The van der Waals surface area contributed by atoms with Crippen molar-refractivity contribution in [3.8, 4) is 0 Å². The van der Waals surface area contributed by atoms with Gasteiger partial charge in [0.1, 0.15) is 5.67 Å². The summed E-state index contributed by atoms with van der Waals surface area (Å²) in [7, 11) is 0. The van der Waals surface area contributed by atoms with Gasteiger partial charge >= 0.3 is 0 Å². The van der Waals surface area contributed by atoms with Crippen molar-refractivity contribution in [1.29, 1.82) is 0 Å². The van der Waals surface area contributed by atoms with Gasteiger partial charge in [0.05, 0.1) is 6.42 Å². The molecule has 13 heavy (non-hydrogen) atoms. The third-order valence-electron chi connectivity index (χ3n) is 2.87. The SMILES string of the molecule is O=C(CC1(F)CCNC1)N1CCC1. The van der Waals surface area contributed by atoms with Gasteiger partial charge in [0.2, 0.25) is 5.91 Å². The molecule has 3 nitrogen and oxygen atoms in total. The first-order valence-corrected chi connectivity index (χ1v) is 4.87. The van der Waals surface area contributed by atoms with Crippen LogP contribution in [0.3, 0.4) is 0 Å². The fourth-order valence-corrected chi connectivity index (χ4v) is 1.81. The molecule has 4 heteroatoms. The predicted octanol–water partition coefficient (Wildman–Crippen LogP) is 0.310. The van der Waals surface area contributed by atoms with Crippen molar-refractivity contribution in [3.05, 3.63) is 0 Å². The molecule has 0 bridgehead atoms. The molecule has 1 amide bonds. The molecular weight excluding hydrogens is 171 g/mol. The molecule has 2 rings (SSSR count). The molecule has 1 N–H and O–H groups in total. The van der Waals surface area contributed by atoms with Crippen molar-refractivity contribution in [2.24, 2.45) is 0 Å². The van der Waals surface area contributed by atoms with Crippen LogP contribution in [-0.2, 0) is 4.79 Å². The molecule has 0 aromatic rings. The van der Waals surface area contributed by atoms with Crippen molar-refractivity contribution >= 4 is 5.91 Å². The van der Waals surface area contributed by atoms with E-state index >= 15 is 0 Å². The molecule has 74 valence electrons. The van der Waals surface area contributed by atoms with E-state index in [0.717, 1.165) is 19.5 Å². The molecule has 0 radical (unpaired) electrons. The van der Waals surface area contributed by atoms with Crippen LogP contribution in [-0.4, -0.2) is 42.7 Å². The largest absolute Gasteiger partial charge is 0.342 e. The molecule has 0 aliphatic carbocycles. The Morgan fingerprint density at radius 2 is 2.31 bits per heavy atom. The summed E-state index contributed by atoms with van der Waals surface area (Å²) >= 11 is 0. The number of carbonyl (C=O) groups excluding carboxylic acids is 1. The molecule has 2 saturated heterocycles. The van der Waals surface area contributed by atoms with E-state index in [1.54, 1.807) is 4.90 Å². The summed E-state index contributed by atoms with van der Waals surface area (Å²) in [6, 6.07) is 0. The van der Waals surface area contributed by atoms with Crippen LogP contribution in [0, 0.1) is 0 Å². The Morgan fingerprint density at radius 3 is 2.77 bits per heavy atom. The second-order valence-corrected chi connectivity index (χ2v) is 3.99. The molecule has 0 aromatic carbocycles. The van der Waals surface area contributed by atoms with Gasteiger partial charge in [-0.2, -0.15) is 0 Å². The van der Waals surface area contributed by atoms with Crippen molar-refractivity contribution in [1.82, 2.24) is 10.2 Å². The first-order chi connectivity index (χ1) is 6.20. The van der Waals surface area contributed by atoms with Crippen LogP contribution in [0.15, 0.2) is 0 Å². The van der Waals surface area contributed by atoms with Crippen molar-refractivity contribution in [2.75, 3.05) is 26.2 Å². The lowest BCUT2D eigenvalue weighted by Gasteiger charge is -2.32. The van der Waals surface area contributed by atoms with Gasteiger partial charge < -0.3 is 10.2 Å². The van der Waals surface area contributed by atoms with Gasteiger partial charge in [0.15, 0.2) is 0 Å². The van der Waals surface area contributed by atoms with Crippen LogP contribution >= 0.6 is 0 Å². The number of carbonyl (C=O) groups is 1. The number of hydrogen-bond acceptors (Lipinski definition) is 2. The van der Waals surface area contributed by atoms with Gasteiger partial charge in [-0.3, -0.25) is 4.79 Å². The van der Waals surface area contributed by atoms with Gasteiger partial charge in [-0.05, 0) is 19.4 Å². The average Bonchev–Trinajstić information content (AvgIpc) is 2.31. The molecule has 0 saturated carbocycles. The second kappa shape index (κ2) is 3.25. The number of nitrogens with zero attached hydrogens (tertiary/aromatic N) is 1. The lowest BCUT2D eigenvalue weighted by atomic mass is 9.99. The molecule has 2 aliphatic heterocycles. The molecule has 0 spiro atoms. The molecule has 2 heterocycles. The number of halogens is 1. The highest BCUT2D eigenvalue weighted by molar-refractivity contribution is 5.78. The van der Waals surface area contributed by atoms with Crippen LogP contribution < -0.4 is 5.32 Å². The summed E-state index contributed by atoms with van der Waals surface area (Å²) in [6.45, 7) is 2.68. The smallest absolute Gasteiger partial charge is 0.225 e. The number of hydrogen-bond donors (Lipinski definition) is 1. The van der Waals surface area contributed by atoms with E-state index in [1.807, 2.05) is 0 Å². The van der Waals surface area contributed by atoms with Crippen LogP contribution in [0.25, 0.3) is 0 Å². The number of likely N-dealkylation sites (tertiary alicyclic amines) is 1. The normalized spacial score (nSPS) is 33.2. The minimum absolute atomic E-state index is 0.0162. The van der Waals surface area contributed by atoms with Gasteiger partial charge in [-0.25, -0.2) is 4.39 Å². The van der Waals surface area contributed by atoms with Gasteiger partial charge in [-0.1, -0.05) is 0 Å². The highest BCUT2D eigenvalue weighted by atomic mass is 19.1. The van der Waals surface area contributed by atoms with Gasteiger partial charge in [-0.15, -0.1) is 0 Å². The number of nitrogens with one attached hydrogen (secondary N) is 1. The summed E-state index contributed by atoms with van der Waals surface area (Å²) in [6.07, 6.45) is 1.62. The van der Waals surface area contributed by atoms with E-state index in [-0.39, 0.29) is 12.3 Å². The van der Waals surface area contributed by atoms with Crippen LogP contribution in [0.1, 0.15) is 19.3 Å². The first kappa shape index (κ1) is 8.94. The fourth-order valence-electron chi connectivity index (χ4n) is 1.81. The molecule has 0 aromatic heterocycles. The standard InChI is InChI=1S/C9H15FN2O/c10-9(2-3-11-7-9)6-8(13)12-4-1-5-12/h11H,1-7H2. The Kier molecular flexibility index (Phi) is 2.24. The quantitative estimate of drug-likeness (QED) is 0.673. The first-order valence-electron chi connectivity index (χ1n) is 4.87. The third kappa shape index (κ3) is 1.82. The Labute approximate surface area is 77.3 Å². The maximum atomic E-state index is 13.8. The summed E-state index contributed by atoms with van der Waals surface area (Å²) < 4.78 is 13.8. The van der Waals surface area contributed by atoms with Gasteiger partial charge in [0.25, 0.3) is 0 Å². The highest BCUT2D eigenvalue weighted by Gasteiger charge is 2.37. The molecular formula is C9H15FN2O. The maximum absolute atomic E-state index is 13.8. The van der Waals surface area contributed by atoms with Crippen LogP contribution in [0.5, 0.6) is 0 Å². The molecule has 2 aliphatic rings. The van der Waals surface area contributed by atoms with E-state index in [4.69, 9.17) is 0 Å². The zero-order chi connectivity index (χ0) is 9.31. The Hall–Kier alpha value is -0.640. The van der Waals surface area contributed by atoms with E-state index in [9.17, 15) is 9.18 Å². The van der Waals surface area contributed by atoms with Crippen molar-refractivity contribution in [3.63, 3.8) is 0 Å². The Bertz CT molecular complexity index is 210. The van der Waals surface area contributed by atoms with E-state index < -0.39 is 5.67 Å². The number of rotatable bonds is 2. The lowest BCUT2D eigenvalue weighted by Crippen LogP contribution is -2.45.